The van der Waals surface area contributed by atoms with Crippen LogP contribution in [0.1, 0.15) is 30.0 Å². The Morgan fingerprint density at radius 3 is 2.93 bits per heavy atom. The molecule has 0 saturated heterocycles. The van der Waals surface area contributed by atoms with Gasteiger partial charge in [0.1, 0.15) is 11.8 Å². The topological polar surface area (TPSA) is 44.1 Å². The van der Waals surface area contributed by atoms with E-state index in [1.165, 1.54) is 0 Å². The molecule has 0 fully saturated rings. The summed E-state index contributed by atoms with van der Waals surface area (Å²) in [6.45, 7) is 6.63. The number of hydrogen-bond donors (Lipinski definition) is 0. The molecule has 2 heterocycles. The smallest absolute Gasteiger partial charge is 0.357 e. The average Bonchev–Trinajstić information content (AvgIpc) is 2.46. The molecular formula is C10H13IN2O2. The molecule has 0 aromatic carbocycles. The summed E-state index contributed by atoms with van der Waals surface area (Å²) >= 11 is 2.30. The molecule has 5 heteroatoms. The lowest BCUT2D eigenvalue weighted by molar-refractivity contribution is 0.00967. The van der Waals surface area contributed by atoms with Crippen LogP contribution < -0.4 is 0 Å². The summed E-state index contributed by atoms with van der Waals surface area (Å²) in [6, 6.07) is 0. The Hall–Kier alpha value is -0.590. The number of cyclic esters (lactones) is 1. The van der Waals surface area contributed by atoms with Crippen molar-refractivity contribution < 1.29 is 9.53 Å². The number of rotatable bonds is 1. The van der Waals surface area contributed by atoms with E-state index in [9.17, 15) is 4.79 Å². The summed E-state index contributed by atoms with van der Waals surface area (Å²) in [5.41, 5.74) is 1.33. The SMILES string of the molecule is Cc1ncn2c1C(=O)OC(C(C)(C)I)C2. The van der Waals surface area contributed by atoms with E-state index in [0.717, 1.165) is 5.69 Å². The molecule has 4 nitrogen and oxygen atoms in total. The highest BCUT2D eigenvalue weighted by molar-refractivity contribution is 14.1. The molecule has 0 bridgehead atoms. The maximum absolute atomic E-state index is 11.7. The number of halogens is 1. The zero-order valence-electron chi connectivity index (χ0n) is 8.95. The van der Waals surface area contributed by atoms with E-state index in [1.807, 2.05) is 11.5 Å². The van der Waals surface area contributed by atoms with Gasteiger partial charge in [0.05, 0.1) is 22.0 Å². The minimum atomic E-state index is -0.258. The summed E-state index contributed by atoms with van der Waals surface area (Å²) < 4.78 is 7.22. The molecule has 1 unspecified atom stereocenters. The van der Waals surface area contributed by atoms with Gasteiger partial charge in [-0.25, -0.2) is 9.78 Å². The van der Waals surface area contributed by atoms with Gasteiger partial charge in [0.15, 0.2) is 0 Å². The standard InChI is InChI=1S/C10H13IN2O2/c1-6-8-9(14)15-7(10(2,3)11)4-13(8)5-12-6/h5,7H,4H2,1-3H3. The highest BCUT2D eigenvalue weighted by Gasteiger charge is 2.36. The van der Waals surface area contributed by atoms with Crippen LogP contribution in [0.2, 0.25) is 0 Å². The van der Waals surface area contributed by atoms with Gasteiger partial charge in [-0.15, -0.1) is 0 Å². The number of carbonyl (C=O) groups excluding carboxylic acids is 1. The van der Waals surface area contributed by atoms with Crippen molar-refractivity contribution in [3.63, 3.8) is 0 Å². The van der Waals surface area contributed by atoms with Crippen LogP contribution in [0.4, 0.5) is 0 Å². The first-order valence-electron chi connectivity index (χ1n) is 4.81. The van der Waals surface area contributed by atoms with Gasteiger partial charge in [-0.05, 0) is 20.8 Å². The largest absolute Gasteiger partial charge is 0.454 e. The van der Waals surface area contributed by atoms with Gasteiger partial charge in [-0.3, -0.25) is 0 Å². The highest BCUT2D eigenvalue weighted by atomic mass is 127. The van der Waals surface area contributed by atoms with E-state index >= 15 is 0 Å². The van der Waals surface area contributed by atoms with Gasteiger partial charge in [-0.1, -0.05) is 22.6 Å². The van der Waals surface area contributed by atoms with Crippen molar-refractivity contribution in [2.24, 2.45) is 0 Å². The van der Waals surface area contributed by atoms with Crippen LogP contribution in [-0.4, -0.2) is 25.0 Å². The van der Waals surface area contributed by atoms with Crippen molar-refractivity contribution in [1.82, 2.24) is 9.55 Å². The molecular weight excluding hydrogens is 307 g/mol. The quantitative estimate of drug-likeness (QED) is 0.451. The van der Waals surface area contributed by atoms with E-state index < -0.39 is 0 Å². The molecule has 0 saturated carbocycles. The van der Waals surface area contributed by atoms with E-state index in [0.29, 0.717) is 12.2 Å². The molecule has 0 spiro atoms. The minimum Gasteiger partial charge on any atom is -0.454 e. The highest BCUT2D eigenvalue weighted by Crippen LogP contribution is 2.29. The molecule has 1 aromatic rings. The second-order valence-electron chi connectivity index (χ2n) is 4.29. The van der Waals surface area contributed by atoms with Crippen LogP contribution in [0.3, 0.4) is 0 Å². The van der Waals surface area contributed by atoms with Gasteiger partial charge < -0.3 is 9.30 Å². The van der Waals surface area contributed by atoms with E-state index in [1.54, 1.807) is 6.33 Å². The van der Waals surface area contributed by atoms with Gasteiger partial charge in [0.25, 0.3) is 0 Å². The fourth-order valence-corrected chi connectivity index (χ4v) is 1.97. The van der Waals surface area contributed by atoms with Crippen LogP contribution in [0.15, 0.2) is 6.33 Å². The second kappa shape index (κ2) is 3.47. The molecule has 15 heavy (non-hydrogen) atoms. The van der Waals surface area contributed by atoms with Crippen LogP contribution >= 0.6 is 22.6 Å². The van der Waals surface area contributed by atoms with Crippen LogP contribution in [0, 0.1) is 6.92 Å². The van der Waals surface area contributed by atoms with Crippen molar-refractivity contribution in [2.45, 2.75) is 36.8 Å². The third kappa shape index (κ3) is 1.89. The van der Waals surface area contributed by atoms with Crippen molar-refractivity contribution >= 4 is 28.6 Å². The third-order valence-electron chi connectivity index (χ3n) is 2.59. The van der Waals surface area contributed by atoms with E-state index in [2.05, 4.69) is 41.4 Å². The number of hydrogen-bond acceptors (Lipinski definition) is 3. The number of aromatic nitrogens is 2. The summed E-state index contributed by atoms with van der Waals surface area (Å²) in [5.74, 6) is -0.258. The zero-order valence-corrected chi connectivity index (χ0v) is 11.1. The van der Waals surface area contributed by atoms with Gasteiger partial charge in [0, 0.05) is 0 Å². The lowest BCUT2D eigenvalue weighted by Crippen LogP contribution is -2.42. The first-order valence-corrected chi connectivity index (χ1v) is 5.89. The number of aryl methyl sites for hydroxylation is 1. The third-order valence-corrected chi connectivity index (χ3v) is 3.29. The first kappa shape index (κ1) is 10.9. The monoisotopic (exact) mass is 320 g/mol. The fraction of sp³-hybridized carbons (Fsp3) is 0.600. The number of nitrogens with zero attached hydrogens (tertiary/aromatic N) is 2. The van der Waals surface area contributed by atoms with Crippen LogP contribution in [0.5, 0.6) is 0 Å². The predicted molar refractivity (Wildman–Crippen MR) is 64.3 cm³/mol. The van der Waals surface area contributed by atoms with E-state index in [4.69, 9.17) is 4.74 Å². The molecule has 1 aliphatic heterocycles. The lowest BCUT2D eigenvalue weighted by Gasteiger charge is -2.32. The predicted octanol–water partition coefficient (Wildman–Crippen LogP) is 1.94. The number of ether oxygens (including phenoxy) is 1. The van der Waals surface area contributed by atoms with Gasteiger partial charge in [0.2, 0.25) is 0 Å². The molecule has 1 aliphatic rings. The molecule has 1 aromatic heterocycles. The summed E-state index contributed by atoms with van der Waals surface area (Å²) in [7, 11) is 0. The average molecular weight is 320 g/mol. The Kier molecular flexibility index (Phi) is 2.52. The Balaban J connectivity index is 2.36. The van der Waals surface area contributed by atoms with Crippen molar-refractivity contribution in [2.75, 3.05) is 0 Å². The molecule has 0 aliphatic carbocycles. The van der Waals surface area contributed by atoms with Crippen molar-refractivity contribution in [3.05, 3.63) is 17.7 Å². The minimum absolute atomic E-state index is 0.0662. The number of fused-ring (bicyclic) bond motifs is 1. The molecule has 0 amide bonds. The zero-order chi connectivity index (χ0) is 11.2. The Morgan fingerprint density at radius 1 is 1.67 bits per heavy atom. The maximum atomic E-state index is 11.7. The Bertz CT molecular complexity index is 406. The molecule has 0 radical (unpaired) electrons. The summed E-state index contributed by atoms with van der Waals surface area (Å²) in [5, 5.41) is 0. The van der Waals surface area contributed by atoms with Crippen molar-refractivity contribution in [3.8, 4) is 0 Å². The molecule has 1 atom stereocenters. The molecule has 82 valence electrons. The van der Waals surface area contributed by atoms with Crippen molar-refractivity contribution in [1.29, 1.82) is 0 Å². The molecule has 0 N–H and O–H groups in total. The van der Waals surface area contributed by atoms with Gasteiger partial charge in [-0.2, -0.15) is 0 Å². The lowest BCUT2D eigenvalue weighted by atomic mass is 10.1. The number of imidazole rings is 1. The second-order valence-corrected chi connectivity index (χ2v) is 7.07. The first-order chi connectivity index (χ1) is 6.89. The number of esters is 1. The maximum Gasteiger partial charge on any atom is 0.357 e. The number of carbonyl (C=O) groups is 1. The van der Waals surface area contributed by atoms with Crippen LogP contribution in [0.25, 0.3) is 0 Å². The number of alkyl halides is 1. The normalized spacial score (nSPS) is 21.1. The van der Waals surface area contributed by atoms with Gasteiger partial charge >= 0.3 is 5.97 Å². The Morgan fingerprint density at radius 2 is 2.33 bits per heavy atom. The van der Waals surface area contributed by atoms with Crippen LogP contribution in [-0.2, 0) is 11.3 Å². The molecule has 2 rings (SSSR count). The summed E-state index contributed by atoms with van der Waals surface area (Å²) in [6.07, 6.45) is 1.62. The van der Waals surface area contributed by atoms with E-state index in [-0.39, 0.29) is 15.5 Å². The summed E-state index contributed by atoms with van der Waals surface area (Å²) in [4.78, 5) is 15.9. The fourth-order valence-electron chi connectivity index (χ4n) is 1.64. The Labute approximate surface area is 102 Å².